The number of aromatic amines is 1. The highest BCUT2D eigenvalue weighted by Crippen LogP contribution is 2.34. The Labute approximate surface area is 123 Å². The van der Waals surface area contributed by atoms with Gasteiger partial charge in [0, 0.05) is 18.5 Å². The largest absolute Gasteiger partial charge is 0.350 e. The van der Waals surface area contributed by atoms with Gasteiger partial charge in [0.2, 0.25) is 5.91 Å². The Kier molecular flexibility index (Phi) is 2.97. The van der Waals surface area contributed by atoms with Gasteiger partial charge >= 0.3 is 0 Å². The van der Waals surface area contributed by atoms with Crippen LogP contribution in [0.4, 0.5) is 0 Å². The molecule has 6 heteroatoms. The summed E-state index contributed by atoms with van der Waals surface area (Å²) in [6, 6.07) is -0.145. The molecule has 112 valence electrons. The van der Waals surface area contributed by atoms with Gasteiger partial charge in [-0.3, -0.25) is 14.7 Å². The molecule has 1 saturated carbocycles. The van der Waals surface area contributed by atoms with E-state index in [1.165, 1.54) is 19.3 Å². The minimum atomic E-state index is -0.281. The van der Waals surface area contributed by atoms with E-state index in [1.54, 1.807) is 11.1 Å². The van der Waals surface area contributed by atoms with Crippen molar-refractivity contribution in [3.8, 4) is 0 Å². The first-order chi connectivity index (χ1) is 10.2. The van der Waals surface area contributed by atoms with Crippen LogP contribution in [0.3, 0.4) is 0 Å². The summed E-state index contributed by atoms with van der Waals surface area (Å²) in [5.74, 6) is 0.364. The molecule has 1 aromatic heterocycles. The number of hydrogen-bond donors (Lipinski definition) is 2. The Morgan fingerprint density at radius 2 is 2.10 bits per heavy atom. The average Bonchev–Trinajstić information content (AvgIpc) is 3.21. The first kappa shape index (κ1) is 12.9. The van der Waals surface area contributed by atoms with Gasteiger partial charge in [0.1, 0.15) is 6.04 Å². The molecule has 0 spiro atoms. The average molecular weight is 288 g/mol. The third-order valence-corrected chi connectivity index (χ3v) is 5.12. The molecule has 0 radical (unpaired) electrons. The van der Waals surface area contributed by atoms with Crippen molar-refractivity contribution in [3.05, 3.63) is 17.5 Å². The Morgan fingerprint density at radius 3 is 2.81 bits per heavy atom. The number of piperazine rings is 1. The summed E-state index contributed by atoms with van der Waals surface area (Å²) in [6.07, 6.45) is 8.34. The number of likely N-dealkylation sites (tertiary alicyclic amines) is 1. The Morgan fingerprint density at radius 1 is 1.29 bits per heavy atom. The predicted molar refractivity (Wildman–Crippen MR) is 75.8 cm³/mol. The molecule has 2 amide bonds. The number of H-pyrrole nitrogens is 1. The van der Waals surface area contributed by atoms with Gasteiger partial charge < -0.3 is 10.2 Å². The van der Waals surface area contributed by atoms with E-state index in [-0.39, 0.29) is 23.9 Å². The van der Waals surface area contributed by atoms with Gasteiger partial charge in [-0.05, 0) is 19.3 Å². The van der Waals surface area contributed by atoms with Crippen LogP contribution in [-0.4, -0.2) is 45.5 Å². The summed E-state index contributed by atoms with van der Waals surface area (Å²) < 4.78 is 0. The standard InChI is InChI=1S/C15H20N4O2/c20-14-12-6-10(17-14)8-19(12)15(21)11-7-16-18-13(11)9-4-2-1-3-5-9/h7,9-10,12H,1-6,8H2,(H,16,18)(H,17,20)/t10-,12-/m0/s1. The van der Waals surface area contributed by atoms with Gasteiger partial charge in [-0.15, -0.1) is 0 Å². The molecule has 2 atom stereocenters. The van der Waals surface area contributed by atoms with Crippen LogP contribution in [0, 0.1) is 0 Å². The van der Waals surface area contributed by atoms with E-state index >= 15 is 0 Å². The molecule has 4 rings (SSSR count). The van der Waals surface area contributed by atoms with E-state index in [0.29, 0.717) is 18.0 Å². The molecule has 1 aliphatic carbocycles. The molecule has 6 nitrogen and oxygen atoms in total. The molecule has 3 heterocycles. The second kappa shape index (κ2) is 4.86. The third-order valence-electron chi connectivity index (χ3n) is 5.12. The zero-order valence-corrected chi connectivity index (χ0v) is 12.0. The zero-order chi connectivity index (χ0) is 14.4. The number of amides is 2. The minimum Gasteiger partial charge on any atom is -0.350 e. The molecule has 0 unspecified atom stereocenters. The Hall–Kier alpha value is -1.85. The van der Waals surface area contributed by atoms with Gasteiger partial charge in [-0.25, -0.2) is 0 Å². The van der Waals surface area contributed by atoms with Crippen LogP contribution in [0.25, 0.3) is 0 Å². The van der Waals surface area contributed by atoms with Crippen LogP contribution in [0.5, 0.6) is 0 Å². The number of carbonyl (C=O) groups is 2. The Balaban J connectivity index is 1.58. The molecular formula is C15H20N4O2. The fraction of sp³-hybridized carbons (Fsp3) is 0.667. The smallest absolute Gasteiger partial charge is 0.258 e. The third kappa shape index (κ3) is 2.04. The molecule has 2 saturated heterocycles. The fourth-order valence-electron chi connectivity index (χ4n) is 4.03. The number of hydrogen-bond acceptors (Lipinski definition) is 3. The van der Waals surface area contributed by atoms with Gasteiger partial charge in [0.15, 0.2) is 0 Å². The highest BCUT2D eigenvalue weighted by molar-refractivity contribution is 6.00. The van der Waals surface area contributed by atoms with E-state index in [1.807, 2.05) is 0 Å². The maximum Gasteiger partial charge on any atom is 0.258 e. The summed E-state index contributed by atoms with van der Waals surface area (Å²) >= 11 is 0. The summed E-state index contributed by atoms with van der Waals surface area (Å²) in [4.78, 5) is 26.3. The van der Waals surface area contributed by atoms with Crippen molar-refractivity contribution < 1.29 is 9.59 Å². The van der Waals surface area contributed by atoms with Crippen LogP contribution in [0.1, 0.15) is 60.5 Å². The van der Waals surface area contributed by atoms with E-state index < -0.39 is 0 Å². The van der Waals surface area contributed by atoms with E-state index in [4.69, 9.17) is 0 Å². The van der Waals surface area contributed by atoms with Crippen molar-refractivity contribution in [2.24, 2.45) is 0 Å². The number of fused-ring (bicyclic) bond motifs is 2. The monoisotopic (exact) mass is 288 g/mol. The molecular weight excluding hydrogens is 268 g/mol. The maximum absolute atomic E-state index is 12.8. The molecule has 0 aromatic carbocycles. The van der Waals surface area contributed by atoms with Crippen molar-refractivity contribution in [1.29, 1.82) is 0 Å². The number of nitrogens with one attached hydrogen (secondary N) is 2. The number of nitrogens with zero attached hydrogens (tertiary/aromatic N) is 2. The van der Waals surface area contributed by atoms with E-state index in [9.17, 15) is 9.59 Å². The van der Waals surface area contributed by atoms with Crippen molar-refractivity contribution in [2.75, 3.05) is 6.54 Å². The second-order valence-electron chi connectivity index (χ2n) is 6.45. The van der Waals surface area contributed by atoms with Gasteiger partial charge in [0.25, 0.3) is 5.91 Å². The van der Waals surface area contributed by atoms with Crippen LogP contribution >= 0.6 is 0 Å². The first-order valence-corrected chi connectivity index (χ1v) is 7.88. The summed E-state index contributed by atoms with van der Waals surface area (Å²) in [7, 11) is 0. The van der Waals surface area contributed by atoms with Crippen LogP contribution < -0.4 is 5.32 Å². The lowest BCUT2D eigenvalue weighted by atomic mass is 9.85. The predicted octanol–water partition coefficient (Wildman–Crippen LogP) is 1.17. The molecule has 2 bridgehead atoms. The highest BCUT2D eigenvalue weighted by atomic mass is 16.2. The SMILES string of the molecule is O=C1N[C@H]2C[C@@H]1N(C(=O)c1cn[nH]c1C1CCCCC1)C2. The lowest BCUT2D eigenvalue weighted by molar-refractivity contribution is -0.124. The minimum absolute atomic E-state index is 0.0117. The second-order valence-corrected chi connectivity index (χ2v) is 6.45. The summed E-state index contributed by atoms with van der Waals surface area (Å²) in [5.41, 5.74) is 1.64. The van der Waals surface area contributed by atoms with Crippen LogP contribution in [-0.2, 0) is 4.79 Å². The van der Waals surface area contributed by atoms with Crippen LogP contribution in [0.15, 0.2) is 6.20 Å². The van der Waals surface area contributed by atoms with Gasteiger partial charge in [0.05, 0.1) is 17.5 Å². The van der Waals surface area contributed by atoms with Gasteiger partial charge in [-0.1, -0.05) is 19.3 Å². The Bertz CT molecular complexity index is 576. The maximum atomic E-state index is 12.8. The first-order valence-electron chi connectivity index (χ1n) is 7.88. The molecule has 2 N–H and O–H groups in total. The highest BCUT2D eigenvalue weighted by Gasteiger charge is 2.46. The molecule has 3 fully saturated rings. The van der Waals surface area contributed by atoms with E-state index in [0.717, 1.165) is 25.0 Å². The fourth-order valence-corrected chi connectivity index (χ4v) is 4.03. The lowest BCUT2D eigenvalue weighted by Gasteiger charge is -2.27. The number of rotatable bonds is 2. The van der Waals surface area contributed by atoms with Crippen molar-refractivity contribution in [3.63, 3.8) is 0 Å². The molecule has 1 aromatic rings. The topological polar surface area (TPSA) is 78.1 Å². The van der Waals surface area contributed by atoms with Crippen molar-refractivity contribution >= 4 is 11.8 Å². The van der Waals surface area contributed by atoms with Gasteiger partial charge in [-0.2, -0.15) is 5.10 Å². The number of aromatic nitrogens is 2. The van der Waals surface area contributed by atoms with Crippen LogP contribution in [0.2, 0.25) is 0 Å². The zero-order valence-electron chi connectivity index (χ0n) is 12.0. The quantitative estimate of drug-likeness (QED) is 0.857. The lowest BCUT2D eigenvalue weighted by Crippen LogP contribution is -2.50. The molecule has 2 aliphatic heterocycles. The summed E-state index contributed by atoms with van der Waals surface area (Å²) in [5, 5.41) is 10.0. The van der Waals surface area contributed by atoms with E-state index in [2.05, 4.69) is 15.5 Å². The molecule has 21 heavy (non-hydrogen) atoms. The van der Waals surface area contributed by atoms with Crippen molar-refractivity contribution in [1.82, 2.24) is 20.4 Å². The molecule has 3 aliphatic rings. The normalized spacial score (nSPS) is 29.0. The summed E-state index contributed by atoms with van der Waals surface area (Å²) in [6.45, 7) is 0.629. The number of carbonyl (C=O) groups excluding carboxylic acids is 2. The van der Waals surface area contributed by atoms with Crippen molar-refractivity contribution in [2.45, 2.75) is 56.5 Å².